The Morgan fingerprint density at radius 2 is 1.79 bits per heavy atom. The van der Waals surface area contributed by atoms with Crippen molar-refractivity contribution in [2.24, 2.45) is 0 Å². The van der Waals surface area contributed by atoms with Crippen molar-refractivity contribution in [3.8, 4) is 0 Å². The Balaban J connectivity index is 2.31. The first-order chi connectivity index (χ1) is 11.2. The van der Waals surface area contributed by atoms with Crippen molar-refractivity contribution in [1.82, 2.24) is 4.31 Å². The predicted octanol–water partition coefficient (Wildman–Crippen LogP) is 3.37. The van der Waals surface area contributed by atoms with E-state index in [2.05, 4.69) is 5.32 Å². The van der Waals surface area contributed by atoms with Crippen LogP contribution in [0.1, 0.15) is 38.7 Å². The molecule has 1 saturated heterocycles. The molecule has 5 nitrogen and oxygen atoms in total. The van der Waals surface area contributed by atoms with Crippen LogP contribution in [0.15, 0.2) is 34.5 Å². The third kappa shape index (κ3) is 4.02. The van der Waals surface area contributed by atoms with Gasteiger partial charge in [-0.05, 0) is 56.9 Å². The highest BCUT2D eigenvalue weighted by atomic mass is 32.2. The van der Waals surface area contributed by atoms with E-state index in [0.717, 1.165) is 19.3 Å². The summed E-state index contributed by atoms with van der Waals surface area (Å²) >= 11 is 0. The lowest BCUT2D eigenvalue weighted by Crippen LogP contribution is -2.35. The molecule has 1 aromatic rings. The predicted molar refractivity (Wildman–Crippen MR) is 91.9 cm³/mol. The Kier molecular flexibility index (Phi) is 5.77. The molecule has 0 saturated carbocycles. The fourth-order valence-corrected chi connectivity index (χ4v) is 4.10. The molecule has 0 bridgehead atoms. The number of carbonyl (C=O) groups excluding carboxylic acids is 1. The highest BCUT2D eigenvalue weighted by Gasteiger charge is 2.26. The maximum Gasteiger partial charge on any atom is 0.284 e. The number of carbonyl (C=O) groups is 1. The molecule has 1 aromatic carbocycles. The number of halogens is 1. The minimum atomic E-state index is -3.60. The first-order valence-electron chi connectivity index (χ1n) is 7.98. The van der Waals surface area contributed by atoms with E-state index in [1.807, 2.05) is 0 Å². The summed E-state index contributed by atoms with van der Waals surface area (Å²) in [6, 6.07) is 4.54. The Morgan fingerprint density at radius 3 is 2.38 bits per heavy atom. The van der Waals surface area contributed by atoms with Gasteiger partial charge in [-0.1, -0.05) is 12.5 Å². The zero-order valence-corrected chi connectivity index (χ0v) is 15.0. The average molecular weight is 354 g/mol. The number of benzene rings is 1. The molecule has 0 aliphatic carbocycles. The minimum Gasteiger partial charge on any atom is -0.320 e. The second-order valence-electron chi connectivity index (χ2n) is 6.21. The van der Waals surface area contributed by atoms with Gasteiger partial charge in [-0.25, -0.2) is 12.8 Å². The SMILES string of the molecule is CC(C)=C(F)C(=O)Nc1cc(S(=O)(=O)N2CCCCC2)ccc1C. The van der Waals surface area contributed by atoms with E-state index in [4.69, 9.17) is 0 Å². The minimum absolute atomic E-state index is 0.114. The van der Waals surface area contributed by atoms with Crippen molar-refractivity contribution in [2.45, 2.75) is 44.9 Å². The normalized spacial score (nSPS) is 15.8. The average Bonchev–Trinajstić information content (AvgIpc) is 2.56. The molecule has 2 rings (SSSR count). The lowest BCUT2D eigenvalue weighted by molar-refractivity contribution is -0.114. The molecule has 1 heterocycles. The van der Waals surface area contributed by atoms with E-state index in [1.54, 1.807) is 13.0 Å². The zero-order valence-electron chi connectivity index (χ0n) is 14.2. The van der Waals surface area contributed by atoms with Gasteiger partial charge in [-0.15, -0.1) is 0 Å². The molecule has 0 radical (unpaired) electrons. The van der Waals surface area contributed by atoms with Crippen molar-refractivity contribution in [2.75, 3.05) is 18.4 Å². The molecular formula is C17H23FN2O3S. The lowest BCUT2D eigenvalue weighted by atomic mass is 10.2. The largest absolute Gasteiger partial charge is 0.320 e. The van der Waals surface area contributed by atoms with Gasteiger partial charge >= 0.3 is 0 Å². The van der Waals surface area contributed by atoms with Gasteiger partial charge in [0.2, 0.25) is 10.0 Å². The summed E-state index contributed by atoms with van der Waals surface area (Å²) in [5.41, 5.74) is 1.24. The van der Waals surface area contributed by atoms with Gasteiger partial charge in [0.1, 0.15) is 0 Å². The van der Waals surface area contributed by atoms with E-state index < -0.39 is 21.8 Å². The summed E-state index contributed by atoms with van der Waals surface area (Å²) in [5, 5.41) is 2.45. The van der Waals surface area contributed by atoms with Crippen LogP contribution >= 0.6 is 0 Å². The highest BCUT2D eigenvalue weighted by molar-refractivity contribution is 7.89. The Hall–Kier alpha value is -1.73. The van der Waals surface area contributed by atoms with E-state index in [0.29, 0.717) is 24.3 Å². The third-order valence-electron chi connectivity index (χ3n) is 4.05. The van der Waals surface area contributed by atoms with Crippen molar-refractivity contribution >= 4 is 21.6 Å². The van der Waals surface area contributed by atoms with Gasteiger partial charge in [0.25, 0.3) is 5.91 Å². The number of piperidine rings is 1. The molecule has 0 aromatic heterocycles. The van der Waals surface area contributed by atoms with E-state index >= 15 is 0 Å². The summed E-state index contributed by atoms with van der Waals surface area (Å²) in [4.78, 5) is 12.0. The zero-order chi connectivity index (χ0) is 17.9. The molecule has 7 heteroatoms. The maximum absolute atomic E-state index is 13.7. The van der Waals surface area contributed by atoms with Crippen molar-refractivity contribution < 1.29 is 17.6 Å². The van der Waals surface area contributed by atoms with E-state index in [-0.39, 0.29) is 10.5 Å². The number of amides is 1. The number of allylic oxidation sites excluding steroid dienone is 1. The molecule has 1 amide bonds. The Bertz CT molecular complexity index is 762. The van der Waals surface area contributed by atoms with Gasteiger partial charge in [-0.3, -0.25) is 4.79 Å². The van der Waals surface area contributed by atoms with Crippen molar-refractivity contribution in [3.05, 3.63) is 35.2 Å². The van der Waals surface area contributed by atoms with Crippen LogP contribution in [0.4, 0.5) is 10.1 Å². The first kappa shape index (κ1) is 18.6. The molecule has 1 aliphatic rings. The molecule has 132 valence electrons. The molecule has 1 N–H and O–H groups in total. The second kappa shape index (κ2) is 7.44. The van der Waals surface area contributed by atoms with E-state index in [1.165, 1.54) is 30.3 Å². The summed E-state index contributed by atoms with van der Waals surface area (Å²) in [7, 11) is -3.60. The highest BCUT2D eigenvalue weighted by Crippen LogP contribution is 2.25. The maximum atomic E-state index is 13.7. The van der Waals surface area contributed by atoms with Crippen LogP contribution in [0.25, 0.3) is 0 Å². The molecule has 0 atom stereocenters. The molecule has 1 aliphatic heterocycles. The number of hydrogen-bond donors (Lipinski definition) is 1. The molecule has 0 unspecified atom stereocenters. The molecule has 0 spiro atoms. The van der Waals surface area contributed by atoms with Crippen LogP contribution in [0, 0.1) is 6.92 Å². The number of nitrogens with one attached hydrogen (secondary N) is 1. The van der Waals surface area contributed by atoms with Gasteiger partial charge in [0, 0.05) is 18.8 Å². The van der Waals surface area contributed by atoms with Crippen LogP contribution in [0.2, 0.25) is 0 Å². The molecule has 1 fully saturated rings. The van der Waals surface area contributed by atoms with Crippen LogP contribution in [0.5, 0.6) is 0 Å². The first-order valence-corrected chi connectivity index (χ1v) is 9.42. The monoisotopic (exact) mass is 354 g/mol. The van der Waals surface area contributed by atoms with Crippen molar-refractivity contribution in [3.63, 3.8) is 0 Å². The number of aryl methyl sites for hydroxylation is 1. The van der Waals surface area contributed by atoms with Gasteiger partial charge in [0.05, 0.1) is 4.90 Å². The number of anilines is 1. The van der Waals surface area contributed by atoms with E-state index in [9.17, 15) is 17.6 Å². The van der Waals surface area contributed by atoms with Crippen molar-refractivity contribution in [1.29, 1.82) is 0 Å². The lowest BCUT2D eigenvalue weighted by Gasteiger charge is -2.26. The number of rotatable bonds is 4. The Morgan fingerprint density at radius 1 is 1.17 bits per heavy atom. The van der Waals surface area contributed by atoms with Crippen LogP contribution < -0.4 is 5.32 Å². The molecule has 24 heavy (non-hydrogen) atoms. The Labute approximate surface area is 142 Å². The van der Waals surface area contributed by atoms with Crippen LogP contribution in [-0.4, -0.2) is 31.7 Å². The summed E-state index contributed by atoms with van der Waals surface area (Å²) in [6.07, 6.45) is 2.73. The standard InChI is InChI=1S/C17H23FN2O3S/c1-12(2)16(18)17(21)19-15-11-14(8-7-13(15)3)24(22,23)20-9-5-4-6-10-20/h7-8,11H,4-6,9-10H2,1-3H3,(H,19,21). The fraction of sp³-hybridized carbons (Fsp3) is 0.471. The summed E-state index contributed by atoms with van der Waals surface area (Å²) in [5.74, 6) is -1.73. The van der Waals surface area contributed by atoms with Gasteiger partial charge in [0.15, 0.2) is 5.83 Å². The van der Waals surface area contributed by atoms with Gasteiger partial charge in [-0.2, -0.15) is 4.31 Å². The third-order valence-corrected chi connectivity index (χ3v) is 5.94. The molecular weight excluding hydrogens is 331 g/mol. The number of hydrogen-bond acceptors (Lipinski definition) is 3. The van der Waals surface area contributed by atoms with Crippen LogP contribution in [0.3, 0.4) is 0 Å². The number of nitrogens with zero attached hydrogens (tertiary/aromatic N) is 1. The van der Waals surface area contributed by atoms with Gasteiger partial charge < -0.3 is 5.32 Å². The summed E-state index contributed by atoms with van der Waals surface area (Å²) < 4.78 is 40.6. The van der Waals surface area contributed by atoms with Crippen LogP contribution in [-0.2, 0) is 14.8 Å². The summed E-state index contributed by atoms with van der Waals surface area (Å²) in [6.45, 7) is 5.74. The quantitative estimate of drug-likeness (QED) is 0.843. The smallest absolute Gasteiger partial charge is 0.284 e. The number of sulfonamides is 1. The topological polar surface area (TPSA) is 66.5 Å². The second-order valence-corrected chi connectivity index (χ2v) is 8.15. The fourth-order valence-electron chi connectivity index (χ4n) is 2.55.